The fourth-order valence-corrected chi connectivity index (χ4v) is 6.64. The van der Waals surface area contributed by atoms with Crippen LogP contribution in [0.2, 0.25) is 0 Å². The summed E-state index contributed by atoms with van der Waals surface area (Å²) in [5.41, 5.74) is -3.91. The van der Waals surface area contributed by atoms with Crippen LogP contribution in [0.25, 0.3) is 10.8 Å². The van der Waals surface area contributed by atoms with Crippen molar-refractivity contribution >= 4 is 28.5 Å². The first-order valence-electron chi connectivity index (χ1n) is 12.0. The topological polar surface area (TPSA) is 89.9 Å². The van der Waals surface area contributed by atoms with Crippen LogP contribution in [0.3, 0.4) is 0 Å². The van der Waals surface area contributed by atoms with Crippen LogP contribution in [0.15, 0.2) is 103 Å². The molecule has 0 fully saturated rings. The SMILES string of the molecule is O=P(O)(OC(Cc1ccccc1)c1ccccc1)C(CCc1cccc2ccccc12)OS(=O)(=O)C(F)(F)F. The summed E-state index contributed by atoms with van der Waals surface area (Å²) in [5.74, 6) is -2.30. The van der Waals surface area contributed by atoms with Crippen LogP contribution in [0.4, 0.5) is 13.2 Å². The van der Waals surface area contributed by atoms with E-state index in [2.05, 4.69) is 4.18 Å². The fourth-order valence-electron chi connectivity index (χ4n) is 4.22. The number of hydrogen-bond donors (Lipinski definition) is 1. The molecule has 3 unspecified atom stereocenters. The van der Waals surface area contributed by atoms with Crippen LogP contribution >= 0.6 is 7.60 Å². The summed E-state index contributed by atoms with van der Waals surface area (Å²) in [6, 6.07) is 29.8. The maximum absolute atomic E-state index is 13.6. The van der Waals surface area contributed by atoms with Crippen molar-refractivity contribution in [3.05, 3.63) is 120 Å². The number of halogens is 3. The van der Waals surface area contributed by atoms with E-state index in [-0.39, 0.29) is 12.8 Å². The third-order valence-corrected chi connectivity index (χ3v) is 8.98. The number of benzene rings is 4. The average molecular weight is 579 g/mol. The van der Waals surface area contributed by atoms with E-state index in [1.165, 1.54) is 0 Å². The zero-order valence-electron chi connectivity index (χ0n) is 20.6. The number of rotatable bonds is 11. The van der Waals surface area contributed by atoms with Crippen molar-refractivity contribution < 1.29 is 39.8 Å². The van der Waals surface area contributed by atoms with E-state index in [4.69, 9.17) is 4.52 Å². The summed E-state index contributed by atoms with van der Waals surface area (Å²) in [5, 5.41) is 1.63. The Balaban J connectivity index is 1.66. The highest BCUT2D eigenvalue weighted by molar-refractivity contribution is 7.87. The second kappa shape index (κ2) is 12.0. The van der Waals surface area contributed by atoms with Gasteiger partial charge in [-0.2, -0.15) is 21.6 Å². The minimum absolute atomic E-state index is 0.0397. The third-order valence-electron chi connectivity index (χ3n) is 6.14. The Morgan fingerprint density at radius 3 is 2.08 bits per heavy atom. The van der Waals surface area contributed by atoms with Crippen molar-refractivity contribution in [1.29, 1.82) is 0 Å². The first-order chi connectivity index (χ1) is 18.5. The third kappa shape index (κ3) is 7.35. The standard InChI is InChI=1S/C28H26F3O6PS/c29-28(30,31)39(34,35)37-27(19-18-23-16-9-15-22-12-7-8-17-25(22)23)38(32,33)36-26(24-13-5-2-6-14-24)20-21-10-3-1-4-11-21/h1-17,26-27H,18-20H2,(H,32,33). The van der Waals surface area contributed by atoms with Gasteiger partial charge in [-0.25, -0.2) is 4.18 Å². The van der Waals surface area contributed by atoms with Gasteiger partial charge in [0.1, 0.15) is 0 Å². The highest BCUT2D eigenvalue weighted by Crippen LogP contribution is 2.55. The smallest absolute Gasteiger partial charge is 0.322 e. The lowest BCUT2D eigenvalue weighted by atomic mass is 10.0. The molecule has 0 aliphatic heterocycles. The second-order valence-electron chi connectivity index (χ2n) is 8.89. The molecule has 0 amide bonds. The van der Waals surface area contributed by atoms with Gasteiger partial charge < -0.3 is 4.89 Å². The van der Waals surface area contributed by atoms with E-state index < -0.39 is 41.6 Å². The molecule has 4 aromatic rings. The van der Waals surface area contributed by atoms with Crippen molar-refractivity contribution in [2.24, 2.45) is 0 Å². The molecular formula is C28H26F3O6PS. The minimum Gasteiger partial charge on any atom is -0.322 e. The predicted octanol–water partition coefficient (Wildman–Crippen LogP) is 7.15. The Morgan fingerprint density at radius 2 is 1.41 bits per heavy atom. The Hall–Kier alpha value is -3.01. The van der Waals surface area contributed by atoms with Crippen molar-refractivity contribution in [3.8, 4) is 0 Å². The molecule has 0 bridgehead atoms. The summed E-state index contributed by atoms with van der Waals surface area (Å²) in [4.78, 5) is 11.0. The molecule has 6 nitrogen and oxygen atoms in total. The van der Waals surface area contributed by atoms with E-state index >= 15 is 0 Å². The number of fused-ring (bicyclic) bond motifs is 1. The molecule has 0 saturated carbocycles. The summed E-state index contributed by atoms with van der Waals surface area (Å²) in [6.45, 7) is 0. The molecule has 0 aliphatic carbocycles. The van der Waals surface area contributed by atoms with Gasteiger partial charge in [0, 0.05) is 6.42 Å². The average Bonchev–Trinajstić information content (AvgIpc) is 2.91. The molecule has 0 radical (unpaired) electrons. The predicted molar refractivity (Wildman–Crippen MR) is 142 cm³/mol. The molecule has 0 heterocycles. The monoisotopic (exact) mass is 578 g/mol. The van der Waals surface area contributed by atoms with Gasteiger partial charge in [0.05, 0.1) is 6.10 Å². The highest BCUT2D eigenvalue weighted by Gasteiger charge is 2.51. The van der Waals surface area contributed by atoms with Crippen molar-refractivity contribution in [3.63, 3.8) is 0 Å². The Bertz CT molecular complexity index is 1540. The highest BCUT2D eigenvalue weighted by atomic mass is 32.2. The summed E-state index contributed by atoms with van der Waals surface area (Å²) in [6.07, 6.45) is -1.52. The van der Waals surface area contributed by atoms with E-state index in [1.54, 1.807) is 84.9 Å². The quantitative estimate of drug-likeness (QED) is 0.116. The first kappa shape index (κ1) is 29.0. The van der Waals surface area contributed by atoms with E-state index in [9.17, 15) is 31.0 Å². The number of alkyl halides is 3. The first-order valence-corrected chi connectivity index (χ1v) is 15.1. The van der Waals surface area contributed by atoms with Gasteiger partial charge in [-0.15, -0.1) is 0 Å². The van der Waals surface area contributed by atoms with E-state index in [1.807, 2.05) is 18.2 Å². The zero-order chi connectivity index (χ0) is 28.1. The largest absolute Gasteiger partial charge is 0.523 e. The van der Waals surface area contributed by atoms with Gasteiger partial charge in [0.15, 0.2) is 5.85 Å². The van der Waals surface area contributed by atoms with Crippen LogP contribution in [0, 0.1) is 0 Å². The van der Waals surface area contributed by atoms with Crippen LogP contribution in [-0.4, -0.2) is 24.7 Å². The normalized spacial score (nSPS) is 15.5. The van der Waals surface area contributed by atoms with Crippen molar-refractivity contribution in [2.45, 2.75) is 36.7 Å². The van der Waals surface area contributed by atoms with E-state index in [0.717, 1.165) is 16.3 Å². The summed E-state index contributed by atoms with van der Waals surface area (Å²) >= 11 is 0. The molecular weight excluding hydrogens is 552 g/mol. The summed E-state index contributed by atoms with van der Waals surface area (Å²) < 4.78 is 87.1. The van der Waals surface area contributed by atoms with Gasteiger partial charge in [-0.3, -0.25) is 9.09 Å². The van der Waals surface area contributed by atoms with Crippen LogP contribution < -0.4 is 0 Å². The Morgan fingerprint density at radius 1 is 0.821 bits per heavy atom. The van der Waals surface area contributed by atoms with Crippen LogP contribution in [0.1, 0.15) is 29.2 Å². The molecule has 206 valence electrons. The molecule has 0 spiro atoms. The molecule has 39 heavy (non-hydrogen) atoms. The molecule has 0 aliphatic rings. The summed E-state index contributed by atoms with van der Waals surface area (Å²) in [7, 11) is -11.3. The fraction of sp³-hybridized carbons (Fsp3) is 0.214. The molecule has 11 heteroatoms. The molecule has 3 atom stereocenters. The maximum Gasteiger partial charge on any atom is 0.523 e. The van der Waals surface area contributed by atoms with Crippen molar-refractivity contribution in [1.82, 2.24) is 0 Å². The molecule has 0 aromatic heterocycles. The van der Waals surface area contributed by atoms with Crippen LogP contribution in [0.5, 0.6) is 0 Å². The lowest BCUT2D eigenvalue weighted by molar-refractivity contribution is -0.0559. The molecule has 1 N–H and O–H groups in total. The zero-order valence-corrected chi connectivity index (χ0v) is 22.3. The van der Waals surface area contributed by atoms with Gasteiger partial charge >= 0.3 is 23.2 Å². The van der Waals surface area contributed by atoms with Crippen LogP contribution in [-0.2, 0) is 36.2 Å². The Labute approximate surface area is 224 Å². The van der Waals surface area contributed by atoms with Gasteiger partial charge in [0.2, 0.25) is 0 Å². The van der Waals surface area contributed by atoms with Gasteiger partial charge in [0.25, 0.3) is 0 Å². The Kier molecular flexibility index (Phi) is 8.93. The van der Waals surface area contributed by atoms with E-state index in [0.29, 0.717) is 11.1 Å². The maximum atomic E-state index is 13.6. The molecule has 4 rings (SSSR count). The number of aryl methyl sites for hydroxylation is 1. The molecule has 4 aromatic carbocycles. The van der Waals surface area contributed by atoms with Crippen molar-refractivity contribution in [2.75, 3.05) is 0 Å². The lowest BCUT2D eigenvalue weighted by Crippen LogP contribution is -2.31. The lowest BCUT2D eigenvalue weighted by Gasteiger charge is -2.27. The second-order valence-corrected chi connectivity index (χ2v) is 12.4. The molecule has 0 saturated heterocycles. The van der Waals surface area contributed by atoms with Gasteiger partial charge in [-0.1, -0.05) is 103 Å². The van der Waals surface area contributed by atoms with Gasteiger partial charge in [-0.05, 0) is 40.3 Å². The number of hydrogen-bond acceptors (Lipinski definition) is 5. The minimum atomic E-state index is -6.20.